The predicted molar refractivity (Wildman–Crippen MR) is 107 cm³/mol. The van der Waals surface area contributed by atoms with E-state index < -0.39 is 0 Å². The van der Waals surface area contributed by atoms with Crippen molar-refractivity contribution in [1.29, 1.82) is 0 Å². The molecule has 0 aliphatic rings. The zero-order valence-corrected chi connectivity index (χ0v) is 17.6. The van der Waals surface area contributed by atoms with Crippen LogP contribution in [0.2, 0.25) is 0 Å². The van der Waals surface area contributed by atoms with E-state index in [1.807, 2.05) is 11.8 Å². The van der Waals surface area contributed by atoms with Gasteiger partial charge in [0.2, 0.25) is 5.91 Å². The molecule has 0 atom stereocenters. The van der Waals surface area contributed by atoms with E-state index in [4.69, 9.17) is 14.2 Å². The Balaban J connectivity index is 3.43. The lowest BCUT2D eigenvalue weighted by Gasteiger charge is -2.26. The average molecular weight is 403 g/mol. The van der Waals surface area contributed by atoms with Crippen molar-refractivity contribution in [1.82, 2.24) is 9.55 Å². The smallest absolute Gasteiger partial charge is 0.279 e. The maximum Gasteiger partial charge on any atom is 0.279 e. The third kappa shape index (κ3) is 7.13. The van der Waals surface area contributed by atoms with E-state index in [9.17, 15) is 9.59 Å². The van der Waals surface area contributed by atoms with Gasteiger partial charge in [-0.1, -0.05) is 11.8 Å². The van der Waals surface area contributed by atoms with Gasteiger partial charge in [0, 0.05) is 53.6 Å². The lowest BCUT2D eigenvalue weighted by Crippen LogP contribution is -2.38. The first-order valence-corrected chi connectivity index (χ1v) is 9.75. The molecule has 1 aromatic heterocycles. The minimum atomic E-state index is -0.288. The number of anilines is 2. The van der Waals surface area contributed by atoms with Gasteiger partial charge in [-0.2, -0.15) is 0 Å². The van der Waals surface area contributed by atoms with Crippen LogP contribution in [0.1, 0.15) is 13.8 Å². The number of carbonyl (C=O) groups excluding carboxylic acids is 1. The van der Waals surface area contributed by atoms with Crippen molar-refractivity contribution < 1.29 is 19.0 Å². The number of aromatic nitrogens is 2. The molecule has 0 aromatic carbocycles. The topological polar surface area (TPSA) is 94.9 Å². The van der Waals surface area contributed by atoms with Crippen LogP contribution in [0.25, 0.3) is 0 Å². The van der Waals surface area contributed by atoms with Crippen LogP contribution >= 0.6 is 11.8 Å². The number of rotatable bonds is 13. The molecule has 0 spiro atoms. The van der Waals surface area contributed by atoms with Crippen molar-refractivity contribution in [2.45, 2.75) is 25.5 Å². The van der Waals surface area contributed by atoms with Crippen molar-refractivity contribution in [2.75, 3.05) is 70.2 Å². The van der Waals surface area contributed by atoms with Gasteiger partial charge in [-0.05, 0) is 6.92 Å². The molecule has 1 rings (SSSR count). The van der Waals surface area contributed by atoms with E-state index >= 15 is 0 Å². The molecule has 27 heavy (non-hydrogen) atoms. The van der Waals surface area contributed by atoms with E-state index in [1.54, 1.807) is 25.9 Å². The minimum Gasteiger partial charge on any atom is -0.384 e. The van der Waals surface area contributed by atoms with E-state index in [2.05, 4.69) is 10.3 Å². The predicted octanol–water partition coefficient (Wildman–Crippen LogP) is 1.06. The van der Waals surface area contributed by atoms with Crippen LogP contribution in [0.3, 0.4) is 0 Å². The summed E-state index contributed by atoms with van der Waals surface area (Å²) in [5, 5.41) is 3.25. The molecule has 0 unspecified atom stereocenters. The van der Waals surface area contributed by atoms with Gasteiger partial charge >= 0.3 is 0 Å². The number of thioether (sulfide) groups is 1. The van der Waals surface area contributed by atoms with Gasteiger partial charge in [0.15, 0.2) is 11.0 Å². The monoisotopic (exact) mass is 402 g/mol. The third-order valence-corrected chi connectivity index (χ3v) is 4.63. The Hall–Kier alpha value is -1.62. The first-order chi connectivity index (χ1) is 13.0. The summed E-state index contributed by atoms with van der Waals surface area (Å²) in [5.74, 6) is 0.617. The molecule has 1 amide bonds. The quantitative estimate of drug-likeness (QED) is 0.297. The Morgan fingerprint density at radius 2 is 1.74 bits per heavy atom. The Kier molecular flexibility index (Phi) is 11.0. The summed E-state index contributed by atoms with van der Waals surface area (Å²) in [5.41, 5.74) is 0.139. The first kappa shape index (κ1) is 23.4. The number of methoxy groups -OCH3 is 3. The highest BCUT2D eigenvalue weighted by Crippen LogP contribution is 2.24. The summed E-state index contributed by atoms with van der Waals surface area (Å²) in [7, 11) is 4.82. The molecule has 0 aliphatic carbocycles. The van der Waals surface area contributed by atoms with E-state index in [-0.39, 0.29) is 17.3 Å². The highest BCUT2D eigenvalue weighted by Gasteiger charge is 2.22. The number of ether oxygens (including phenoxy) is 3. The molecule has 1 N–H and O–H groups in total. The van der Waals surface area contributed by atoms with E-state index in [0.29, 0.717) is 56.1 Å². The molecular formula is C17H30N4O5S. The fraction of sp³-hybridized carbons (Fsp3) is 0.706. The van der Waals surface area contributed by atoms with Gasteiger partial charge in [-0.25, -0.2) is 4.98 Å². The van der Waals surface area contributed by atoms with Gasteiger partial charge in [-0.3, -0.25) is 14.2 Å². The summed E-state index contributed by atoms with van der Waals surface area (Å²) < 4.78 is 17.0. The summed E-state index contributed by atoms with van der Waals surface area (Å²) in [6.45, 7) is 6.10. The standard InChI is InChI=1S/C17H30N4O5S/c1-6-21-16(23)14(20(7-9-24-3)8-10-25-4)15(18-13(2)22)19-17(21)27-12-11-26-5/h6-12H2,1-5H3,(H,18,22). The lowest BCUT2D eigenvalue weighted by atomic mass is 10.3. The molecule has 1 aromatic rings. The number of nitrogens with zero attached hydrogens (tertiary/aromatic N) is 3. The van der Waals surface area contributed by atoms with Gasteiger partial charge < -0.3 is 24.4 Å². The van der Waals surface area contributed by atoms with Crippen LogP contribution < -0.4 is 15.8 Å². The first-order valence-electron chi connectivity index (χ1n) is 8.77. The maximum atomic E-state index is 13.2. The summed E-state index contributed by atoms with van der Waals surface area (Å²) in [4.78, 5) is 31.3. The van der Waals surface area contributed by atoms with Crippen LogP contribution in [0.5, 0.6) is 0 Å². The van der Waals surface area contributed by atoms with Crippen molar-refractivity contribution in [3.05, 3.63) is 10.4 Å². The van der Waals surface area contributed by atoms with Gasteiger partial charge in [0.05, 0.1) is 19.8 Å². The Bertz CT molecular complexity index is 645. The van der Waals surface area contributed by atoms with Crippen LogP contribution in [-0.4, -0.2) is 75.5 Å². The second kappa shape index (κ2) is 12.7. The van der Waals surface area contributed by atoms with Crippen molar-refractivity contribution in [3.63, 3.8) is 0 Å². The maximum absolute atomic E-state index is 13.2. The summed E-state index contributed by atoms with van der Waals surface area (Å²) >= 11 is 1.42. The largest absolute Gasteiger partial charge is 0.384 e. The second-order valence-electron chi connectivity index (χ2n) is 5.64. The minimum absolute atomic E-state index is 0.205. The molecular weight excluding hydrogens is 372 g/mol. The summed E-state index contributed by atoms with van der Waals surface area (Å²) in [6, 6.07) is 0. The molecule has 0 fully saturated rings. The molecule has 154 valence electrons. The molecule has 0 radical (unpaired) electrons. The highest BCUT2D eigenvalue weighted by molar-refractivity contribution is 7.99. The number of hydrogen-bond donors (Lipinski definition) is 1. The second-order valence-corrected chi connectivity index (χ2v) is 6.70. The molecule has 0 saturated heterocycles. The molecule has 10 heteroatoms. The molecule has 0 aliphatic heterocycles. The molecule has 0 bridgehead atoms. The van der Waals surface area contributed by atoms with Crippen molar-refractivity contribution in [2.24, 2.45) is 0 Å². The van der Waals surface area contributed by atoms with Crippen molar-refractivity contribution >= 4 is 29.2 Å². The Labute approximate surface area is 164 Å². The number of carbonyl (C=O) groups is 1. The zero-order chi connectivity index (χ0) is 20.2. The number of hydrogen-bond acceptors (Lipinski definition) is 8. The highest BCUT2D eigenvalue weighted by atomic mass is 32.2. The van der Waals surface area contributed by atoms with Gasteiger partial charge in [0.25, 0.3) is 5.56 Å². The van der Waals surface area contributed by atoms with Gasteiger partial charge in [-0.15, -0.1) is 0 Å². The van der Waals surface area contributed by atoms with Gasteiger partial charge in [0.1, 0.15) is 5.69 Å². The number of amides is 1. The Morgan fingerprint density at radius 3 is 2.22 bits per heavy atom. The fourth-order valence-corrected chi connectivity index (χ4v) is 3.36. The molecule has 0 saturated carbocycles. The molecule has 9 nitrogen and oxygen atoms in total. The Morgan fingerprint density at radius 1 is 1.15 bits per heavy atom. The van der Waals surface area contributed by atoms with E-state index in [0.717, 1.165) is 0 Å². The van der Waals surface area contributed by atoms with E-state index in [1.165, 1.54) is 18.7 Å². The number of nitrogens with one attached hydrogen (secondary N) is 1. The fourth-order valence-electron chi connectivity index (χ4n) is 2.41. The lowest BCUT2D eigenvalue weighted by molar-refractivity contribution is -0.114. The zero-order valence-electron chi connectivity index (χ0n) is 16.7. The average Bonchev–Trinajstić information content (AvgIpc) is 2.63. The van der Waals surface area contributed by atoms with Crippen LogP contribution in [-0.2, 0) is 25.5 Å². The normalized spacial score (nSPS) is 10.9. The van der Waals surface area contributed by atoms with Crippen molar-refractivity contribution in [3.8, 4) is 0 Å². The third-order valence-electron chi connectivity index (χ3n) is 3.69. The van der Waals surface area contributed by atoms with Crippen LogP contribution in [0.4, 0.5) is 11.5 Å². The van der Waals surface area contributed by atoms with Crippen LogP contribution in [0.15, 0.2) is 9.95 Å². The molecule has 1 heterocycles. The van der Waals surface area contributed by atoms with Crippen LogP contribution in [0, 0.1) is 0 Å². The summed E-state index contributed by atoms with van der Waals surface area (Å²) in [6.07, 6.45) is 0. The SMILES string of the molecule is CCn1c(SCCOC)nc(NC(C)=O)c(N(CCOC)CCOC)c1=O.